The lowest BCUT2D eigenvalue weighted by atomic mass is 9.48. The Bertz CT molecular complexity index is 693. The van der Waals surface area contributed by atoms with Crippen LogP contribution in [0.4, 0.5) is 0 Å². The maximum atomic E-state index is 12.1. The van der Waals surface area contributed by atoms with E-state index in [0.29, 0.717) is 23.0 Å². The van der Waals surface area contributed by atoms with Gasteiger partial charge in [-0.3, -0.25) is 4.79 Å². The van der Waals surface area contributed by atoms with E-state index in [0.717, 1.165) is 42.4 Å². The summed E-state index contributed by atoms with van der Waals surface area (Å²) < 4.78 is 0. The van der Waals surface area contributed by atoms with E-state index in [1.165, 1.54) is 44.1 Å². The molecule has 1 heteroatoms. The number of rotatable bonds is 2. The molecule has 5 rings (SSSR count). The van der Waals surface area contributed by atoms with Crippen LogP contribution in [0.2, 0.25) is 0 Å². The van der Waals surface area contributed by atoms with Crippen LogP contribution >= 0.6 is 0 Å². The summed E-state index contributed by atoms with van der Waals surface area (Å²) in [5.41, 5.74) is 3.46. The molecular weight excluding hydrogens is 316 g/mol. The molecule has 4 fully saturated rings. The molecule has 1 nitrogen and oxygen atoms in total. The highest BCUT2D eigenvalue weighted by molar-refractivity contribution is 5.91. The standard InChI is InChI=1S/C25H34O/c1-4-5-22-15(2)12-23-24-20(10-11-25(22,23)3)19-9-8-18(26)13-17(19)14-21(24)16-6-7-16/h4-5,13,16,19-24H,2,6-12,14H2,1,3H3/b5-4+/t19-,20+,21+,22+,23-,24-,25+/m0/s1. The summed E-state index contributed by atoms with van der Waals surface area (Å²) in [5, 5.41) is 0. The van der Waals surface area contributed by atoms with E-state index >= 15 is 0 Å². The second-order valence-electron chi connectivity index (χ2n) is 10.3. The highest BCUT2D eigenvalue weighted by atomic mass is 16.1. The topological polar surface area (TPSA) is 17.1 Å². The van der Waals surface area contributed by atoms with Gasteiger partial charge in [-0.1, -0.05) is 36.8 Å². The maximum Gasteiger partial charge on any atom is 0.155 e. The highest BCUT2D eigenvalue weighted by Gasteiger charge is 2.60. The Kier molecular flexibility index (Phi) is 3.89. The minimum absolute atomic E-state index is 0.396. The van der Waals surface area contributed by atoms with Crippen LogP contribution in [0, 0.1) is 46.8 Å². The van der Waals surface area contributed by atoms with Gasteiger partial charge in [-0.15, -0.1) is 0 Å². The number of fused-ring (bicyclic) bond motifs is 5. The molecule has 5 aliphatic rings. The maximum absolute atomic E-state index is 12.1. The summed E-state index contributed by atoms with van der Waals surface area (Å²) in [4.78, 5) is 12.1. The summed E-state index contributed by atoms with van der Waals surface area (Å²) in [6, 6.07) is 0. The molecule has 0 heterocycles. The second kappa shape index (κ2) is 5.94. The molecule has 0 aromatic carbocycles. The molecule has 0 aromatic heterocycles. The monoisotopic (exact) mass is 350 g/mol. The molecule has 5 aliphatic carbocycles. The van der Waals surface area contributed by atoms with E-state index in [-0.39, 0.29) is 0 Å². The number of ketones is 1. The molecule has 0 bridgehead atoms. The van der Waals surface area contributed by atoms with Gasteiger partial charge < -0.3 is 0 Å². The van der Waals surface area contributed by atoms with Gasteiger partial charge in [0.1, 0.15) is 0 Å². The van der Waals surface area contributed by atoms with Crippen molar-refractivity contribution in [2.24, 2.45) is 46.8 Å². The number of carbonyl (C=O) groups excluding carboxylic acids is 1. The van der Waals surface area contributed by atoms with Crippen molar-refractivity contribution in [2.75, 3.05) is 0 Å². The van der Waals surface area contributed by atoms with Gasteiger partial charge in [0, 0.05) is 12.3 Å². The minimum atomic E-state index is 0.396. The predicted molar refractivity (Wildman–Crippen MR) is 107 cm³/mol. The molecule has 0 amide bonds. The summed E-state index contributed by atoms with van der Waals surface area (Å²) in [7, 11) is 0. The smallest absolute Gasteiger partial charge is 0.155 e. The van der Waals surface area contributed by atoms with Gasteiger partial charge in [0.25, 0.3) is 0 Å². The van der Waals surface area contributed by atoms with E-state index in [1.54, 1.807) is 5.57 Å². The number of allylic oxidation sites excluding steroid dienone is 4. The zero-order valence-electron chi connectivity index (χ0n) is 16.5. The third kappa shape index (κ3) is 2.38. The third-order valence-corrected chi connectivity index (χ3v) is 9.07. The van der Waals surface area contributed by atoms with E-state index in [2.05, 4.69) is 38.7 Å². The first-order valence-electron chi connectivity index (χ1n) is 11.1. The zero-order valence-corrected chi connectivity index (χ0v) is 16.5. The Balaban J connectivity index is 1.54. The molecule has 0 spiro atoms. The zero-order chi connectivity index (χ0) is 18.1. The van der Waals surface area contributed by atoms with Gasteiger partial charge in [0.2, 0.25) is 0 Å². The van der Waals surface area contributed by atoms with Gasteiger partial charge in [0.05, 0.1) is 0 Å². The van der Waals surface area contributed by atoms with Crippen LogP contribution in [0.15, 0.2) is 36.0 Å². The average molecular weight is 351 g/mol. The second-order valence-corrected chi connectivity index (χ2v) is 10.3. The van der Waals surface area contributed by atoms with Crippen molar-refractivity contribution in [1.82, 2.24) is 0 Å². The molecule has 0 aliphatic heterocycles. The van der Waals surface area contributed by atoms with Crippen LogP contribution in [0.25, 0.3) is 0 Å². The molecular formula is C25H34O. The Hall–Kier alpha value is -1.11. The van der Waals surface area contributed by atoms with Crippen molar-refractivity contribution >= 4 is 5.78 Å². The van der Waals surface area contributed by atoms with E-state index in [4.69, 9.17) is 0 Å². The third-order valence-electron chi connectivity index (χ3n) is 9.07. The molecule has 0 aromatic rings. The van der Waals surface area contributed by atoms with Gasteiger partial charge >= 0.3 is 0 Å². The van der Waals surface area contributed by atoms with Crippen LogP contribution in [0.5, 0.6) is 0 Å². The predicted octanol–water partition coefficient (Wildman–Crippen LogP) is 6.12. The van der Waals surface area contributed by atoms with Gasteiger partial charge in [-0.25, -0.2) is 0 Å². The Morgan fingerprint density at radius 1 is 1.15 bits per heavy atom. The summed E-state index contributed by atoms with van der Waals surface area (Å²) in [6.45, 7) is 9.28. The van der Waals surface area contributed by atoms with Crippen molar-refractivity contribution in [3.63, 3.8) is 0 Å². The van der Waals surface area contributed by atoms with Crippen molar-refractivity contribution in [3.8, 4) is 0 Å². The van der Waals surface area contributed by atoms with E-state index in [1.807, 2.05) is 0 Å². The fraction of sp³-hybridized carbons (Fsp3) is 0.720. The van der Waals surface area contributed by atoms with Crippen LogP contribution in [0.1, 0.15) is 65.2 Å². The summed E-state index contributed by atoms with van der Waals surface area (Å²) in [5.74, 6) is 6.02. The van der Waals surface area contributed by atoms with Gasteiger partial charge in [-0.2, -0.15) is 0 Å². The first-order valence-corrected chi connectivity index (χ1v) is 11.1. The lowest BCUT2D eigenvalue weighted by molar-refractivity contribution is -0.116. The first-order chi connectivity index (χ1) is 12.5. The quantitative estimate of drug-likeness (QED) is 0.548. The Morgan fingerprint density at radius 3 is 2.69 bits per heavy atom. The van der Waals surface area contributed by atoms with Crippen LogP contribution in [0.3, 0.4) is 0 Å². The van der Waals surface area contributed by atoms with E-state index < -0.39 is 0 Å². The fourth-order valence-electron chi connectivity index (χ4n) is 7.84. The van der Waals surface area contributed by atoms with Crippen LogP contribution in [-0.4, -0.2) is 5.78 Å². The van der Waals surface area contributed by atoms with E-state index in [9.17, 15) is 4.79 Å². The number of hydrogen-bond acceptors (Lipinski definition) is 1. The number of hydrogen-bond donors (Lipinski definition) is 0. The largest absolute Gasteiger partial charge is 0.295 e. The van der Waals surface area contributed by atoms with Crippen molar-refractivity contribution in [1.29, 1.82) is 0 Å². The normalized spacial score (nSPS) is 48.2. The van der Waals surface area contributed by atoms with Gasteiger partial charge in [0.15, 0.2) is 5.78 Å². The highest BCUT2D eigenvalue weighted by Crippen LogP contribution is 2.68. The van der Waals surface area contributed by atoms with Crippen molar-refractivity contribution in [2.45, 2.75) is 65.2 Å². The summed E-state index contributed by atoms with van der Waals surface area (Å²) in [6.07, 6.45) is 16.8. The van der Waals surface area contributed by atoms with Gasteiger partial charge in [-0.05, 0) is 98.9 Å². The molecule has 7 atom stereocenters. The number of carbonyl (C=O) groups is 1. The van der Waals surface area contributed by atoms with Crippen LogP contribution < -0.4 is 0 Å². The Morgan fingerprint density at radius 2 is 1.96 bits per heavy atom. The lowest BCUT2D eigenvalue weighted by Gasteiger charge is -2.56. The fourth-order valence-corrected chi connectivity index (χ4v) is 7.84. The van der Waals surface area contributed by atoms with Crippen molar-refractivity contribution < 1.29 is 4.79 Å². The van der Waals surface area contributed by atoms with Crippen molar-refractivity contribution in [3.05, 3.63) is 36.0 Å². The molecule has 26 heavy (non-hydrogen) atoms. The lowest BCUT2D eigenvalue weighted by Crippen LogP contribution is -2.50. The summed E-state index contributed by atoms with van der Waals surface area (Å²) >= 11 is 0. The SMILES string of the molecule is C=C1C[C@H]2[C@H]3[C@H](CC[C@]2(C)[C@@H]1/C=C/C)[C@H]1CCC(=O)C=C1C[C@@H]3C1CC1. The minimum Gasteiger partial charge on any atom is -0.295 e. The first kappa shape index (κ1) is 17.0. The molecule has 4 saturated carbocycles. The Labute approximate surface area is 159 Å². The molecule has 0 N–H and O–H groups in total. The molecule has 0 unspecified atom stereocenters. The molecule has 0 radical (unpaired) electrons. The molecule has 140 valence electrons. The molecule has 0 saturated heterocycles. The average Bonchev–Trinajstić information content (AvgIpc) is 3.42. The van der Waals surface area contributed by atoms with Crippen LogP contribution in [-0.2, 0) is 4.79 Å².